The molecule has 1 aromatic heterocycles. The number of carbonyl (C=O) groups is 1. The van der Waals surface area contributed by atoms with Gasteiger partial charge in [0.15, 0.2) is 5.76 Å². The summed E-state index contributed by atoms with van der Waals surface area (Å²) in [5, 5.41) is 3.54. The predicted octanol–water partition coefficient (Wildman–Crippen LogP) is 5.42. The van der Waals surface area contributed by atoms with Crippen molar-refractivity contribution in [2.75, 3.05) is 5.32 Å². The Labute approximate surface area is 149 Å². The summed E-state index contributed by atoms with van der Waals surface area (Å²) < 4.78 is 11.1. The monoisotopic (exact) mass is 361 g/mol. The Bertz CT molecular complexity index is 846. The first-order chi connectivity index (χ1) is 11.6. The highest BCUT2D eigenvalue weighted by molar-refractivity contribution is 6.35. The molecule has 1 N–H and O–H groups in total. The highest BCUT2D eigenvalue weighted by Gasteiger charge is 2.13. The van der Waals surface area contributed by atoms with E-state index in [4.69, 9.17) is 32.4 Å². The number of hydrogen-bond donors (Lipinski definition) is 1. The number of ether oxygens (including phenoxy) is 1. The molecule has 6 heteroatoms. The first-order valence-electron chi connectivity index (χ1n) is 7.15. The van der Waals surface area contributed by atoms with Crippen LogP contribution < -0.4 is 10.1 Å². The van der Waals surface area contributed by atoms with E-state index >= 15 is 0 Å². The highest BCUT2D eigenvalue weighted by Crippen LogP contribution is 2.26. The van der Waals surface area contributed by atoms with E-state index < -0.39 is 5.91 Å². The van der Waals surface area contributed by atoms with E-state index in [9.17, 15) is 4.79 Å². The van der Waals surface area contributed by atoms with Gasteiger partial charge in [-0.05, 0) is 42.5 Å². The van der Waals surface area contributed by atoms with E-state index in [1.165, 1.54) is 0 Å². The number of carbonyl (C=O) groups excluding carboxylic acids is 1. The van der Waals surface area contributed by atoms with Crippen molar-refractivity contribution in [3.8, 4) is 5.75 Å². The van der Waals surface area contributed by atoms with Gasteiger partial charge in [-0.1, -0.05) is 41.4 Å². The summed E-state index contributed by atoms with van der Waals surface area (Å²) in [6, 6.07) is 17.5. The quantitative estimate of drug-likeness (QED) is 0.660. The minimum atomic E-state index is -0.412. The largest absolute Gasteiger partial charge is 0.486 e. The summed E-state index contributed by atoms with van der Waals surface area (Å²) >= 11 is 11.9. The van der Waals surface area contributed by atoms with Crippen LogP contribution in [-0.2, 0) is 6.61 Å². The molecule has 2 aromatic carbocycles. The standard InChI is InChI=1S/C18H13Cl2NO3/c19-12-6-8-15(20)16(10-12)21-18(22)17-9-7-14(24-17)11-23-13-4-2-1-3-5-13/h1-10H,11H2,(H,21,22). The molecule has 3 aromatic rings. The van der Waals surface area contributed by atoms with Crippen LogP contribution in [0.5, 0.6) is 5.75 Å². The van der Waals surface area contributed by atoms with Crippen molar-refractivity contribution >= 4 is 34.8 Å². The van der Waals surface area contributed by atoms with Crippen molar-refractivity contribution in [3.63, 3.8) is 0 Å². The van der Waals surface area contributed by atoms with Gasteiger partial charge in [-0.3, -0.25) is 4.79 Å². The second kappa shape index (κ2) is 7.43. The van der Waals surface area contributed by atoms with Crippen molar-refractivity contribution in [1.82, 2.24) is 0 Å². The van der Waals surface area contributed by atoms with E-state index in [-0.39, 0.29) is 12.4 Å². The van der Waals surface area contributed by atoms with Crippen LogP contribution in [0.25, 0.3) is 0 Å². The lowest BCUT2D eigenvalue weighted by molar-refractivity contribution is 0.0992. The van der Waals surface area contributed by atoms with Gasteiger partial charge in [0.05, 0.1) is 10.7 Å². The van der Waals surface area contributed by atoms with Crippen molar-refractivity contribution in [2.24, 2.45) is 0 Å². The molecule has 4 nitrogen and oxygen atoms in total. The number of furan rings is 1. The Morgan fingerprint density at radius 2 is 1.83 bits per heavy atom. The maximum absolute atomic E-state index is 12.2. The predicted molar refractivity (Wildman–Crippen MR) is 93.9 cm³/mol. The average molecular weight is 362 g/mol. The van der Waals surface area contributed by atoms with Crippen LogP contribution >= 0.6 is 23.2 Å². The summed E-state index contributed by atoms with van der Waals surface area (Å²) in [5.74, 6) is 1.02. The van der Waals surface area contributed by atoms with Crippen LogP contribution in [0.15, 0.2) is 65.1 Å². The maximum Gasteiger partial charge on any atom is 0.291 e. The number of nitrogens with one attached hydrogen (secondary N) is 1. The average Bonchev–Trinajstić information content (AvgIpc) is 3.06. The van der Waals surface area contributed by atoms with Crippen molar-refractivity contribution < 1.29 is 13.9 Å². The fourth-order valence-electron chi connectivity index (χ4n) is 2.03. The number of benzene rings is 2. The molecule has 1 amide bonds. The normalized spacial score (nSPS) is 10.4. The zero-order valence-corrected chi connectivity index (χ0v) is 14.0. The summed E-state index contributed by atoms with van der Waals surface area (Å²) in [4.78, 5) is 12.2. The zero-order chi connectivity index (χ0) is 16.9. The molecule has 0 saturated heterocycles. The van der Waals surface area contributed by atoms with Gasteiger partial charge in [-0.15, -0.1) is 0 Å². The maximum atomic E-state index is 12.2. The van der Waals surface area contributed by atoms with Gasteiger partial charge in [-0.2, -0.15) is 0 Å². The van der Waals surface area contributed by atoms with E-state index in [2.05, 4.69) is 5.32 Å². The summed E-state index contributed by atoms with van der Waals surface area (Å²) in [5.41, 5.74) is 0.424. The molecule has 0 unspecified atom stereocenters. The molecule has 0 aliphatic rings. The number of hydrogen-bond acceptors (Lipinski definition) is 3. The highest BCUT2D eigenvalue weighted by atomic mass is 35.5. The summed E-state index contributed by atoms with van der Waals surface area (Å²) in [6.45, 7) is 0.231. The van der Waals surface area contributed by atoms with E-state index in [1.54, 1.807) is 30.3 Å². The number of amides is 1. The molecule has 0 fully saturated rings. The van der Waals surface area contributed by atoms with E-state index in [0.717, 1.165) is 5.75 Å². The molecule has 3 rings (SSSR count). The van der Waals surface area contributed by atoms with Crippen LogP contribution in [-0.4, -0.2) is 5.91 Å². The zero-order valence-electron chi connectivity index (χ0n) is 12.5. The molecule has 122 valence electrons. The molecule has 1 heterocycles. The topological polar surface area (TPSA) is 51.5 Å². The SMILES string of the molecule is O=C(Nc1cc(Cl)ccc1Cl)c1ccc(COc2ccccc2)o1. The van der Waals surface area contributed by atoms with Crippen LogP contribution in [0.2, 0.25) is 10.0 Å². The van der Waals surface area contributed by atoms with Crippen LogP contribution in [0.4, 0.5) is 5.69 Å². The molecule has 0 aliphatic carbocycles. The lowest BCUT2D eigenvalue weighted by atomic mass is 10.3. The third-order valence-corrected chi connectivity index (χ3v) is 3.75. The number of halogens is 2. The van der Waals surface area contributed by atoms with E-state index in [1.807, 2.05) is 30.3 Å². The minimum absolute atomic E-state index is 0.165. The Kier molecular flexibility index (Phi) is 5.08. The van der Waals surface area contributed by atoms with Gasteiger partial charge in [0.2, 0.25) is 0 Å². The Hall–Kier alpha value is -2.43. The van der Waals surface area contributed by atoms with Gasteiger partial charge < -0.3 is 14.5 Å². The first kappa shape index (κ1) is 16.4. The Morgan fingerprint density at radius 3 is 2.62 bits per heavy atom. The van der Waals surface area contributed by atoms with Crippen molar-refractivity contribution in [1.29, 1.82) is 0 Å². The molecule has 0 saturated carbocycles. The molecule has 0 atom stereocenters. The molecule has 0 spiro atoms. The molecule has 0 radical (unpaired) electrons. The lowest BCUT2D eigenvalue weighted by Gasteiger charge is -2.06. The van der Waals surface area contributed by atoms with Crippen molar-refractivity contribution in [3.05, 3.63) is 82.2 Å². The second-order valence-corrected chi connectivity index (χ2v) is 5.79. The molecular formula is C18H13Cl2NO3. The minimum Gasteiger partial charge on any atom is -0.486 e. The fraction of sp³-hybridized carbons (Fsp3) is 0.0556. The number of para-hydroxylation sites is 1. The van der Waals surface area contributed by atoms with Crippen LogP contribution in [0, 0.1) is 0 Å². The van der Waals surface area contributed by atoms with Crippen LogP contribution in [0.3, 0.4) is 0 Å². The molecule has 24 heavy (non-hydrogen) atoms. The van der Waals surface area contributed by atoms with Gasteiger partial charge in [-0.25, -0.2) is 0 Å². The van der Waals surface area contributed by atoms with E-state index in [0.29, 0.717) is 21.5 Å². The Morgan fingerprint density at radius 1 is 1.04 bits per heavy atom. The third-order valence-electron chi connectivity index (χ3n) is 3.19. The molecule has 0 aliphatic heterocycles. The fourth-order valence-corrected chi connectivity index (χ4v) is 2.36. The molecular weight excluding hydrogens is 349 g/mol. The third kappa shape index (κ3) is 4.10. The summed E-state index contributed by atoms with van der Waals surface area (Å²) in [6.07, 6.45) is 0. The number of rotatable bonds is 5. The van der Waals surface area contributed by atoms with Crippen LogP contribution in [0.1, 0.15) is 16.3 Å². The number of anilines is 1. The van der Waals surface area contributed by atoms with Crippen molar-refractivity contribution in [2.45, 2.75) is 6.61 Å². The van der Waals surface area contributed by atoms with Gasteiger partial charge in [0.1, 0.15) is 18.1 Å². The molecule has 0 bridgehead atoms. The smallest absolute Gasteiger partial charge is 0.291 e. The van der Waals surface area contributed by atoms with Gasteiger partial charge in [0.25, 0.3) is 5.91 Å². The van der Waals surface area contributed by atoms with Gasteiger partial charge in [0, 0.05) is 5.02 Å². The Balaban J connectivity index is 1.64. The first-order valence-corrected chi connectivity index (χ1v) is 7.90. The summed E-state index contributed by atoms with van der Waals surface area (Å²) in [7, 11) is 0. The lowest BCUT2D eigenvalue weighted by Crippen LogP contribution is -2.11. The van der Waals surface area contributed by atoms with Gasteiger partial charge >= 0.3 is 0 Å². The second-order valence-electron chi connectivity index (χ2n) is 4.95.